The van der Waals surface area contributed by atoms with Crippen LogP contribution in [0.5, 0.6) is 0 Å². The first-order valence-corrected chi connectivity index (χ1v) is 10.5. The molecular weight excluding hydrogens is 432 g/mol. The summed E-state index contributed by atoms with van der Waals surface area (Å²) < 4.78 is 1.10. The molecule has 1 heterocycles. The highest BCUT2D eigenvalue weighted by atomic mass is 32.1. The fourth-order valence-corrected chi connectivity index (χ4v) is 4.30. The van der Waals surface area contributed by atoms with Gasteiger partial charge in [-0.05, 0) is 49.5 Å². The second-order valence-corrected chi connectivity index (χ2v) is 8.12. The summed E-state index contributed by atoms with van der Waals surface area (Å²) in [7, 11) is 0. The van der Waals surface area contributed by atoms with Crippen molar-refractivity contribution < 1.29 is 9.72 Å². The van der Waals surface area contributed by atoms with Crippen molar-refractivity contribution in [2.24, 2.45) is 0 Å². The van der Waals surface area contributed by atoms with E-state index >= 15 is 0 Å². The number of thiocarbonyl (C=S) groups is 1. The molecule has 4 rings (SSSR count). The van der Waals surface area contributed by atoms with Gasteiger partial charge in [0.15, 0.2) is 5.11 Å². The molecular formula is C22H16N4O3S2. The standard InChI is InChI=1S/C22H16N4O3S2/c1-13-16(8-5-10-18(13)26(28)29)20(27)25-22(30)23-15-7-4-6-14(12-15)21-24-17-9-2-3-11-19(17)31-21/h2-12H,1H3,(H2,23,25,27,30). The number of hydrogen-bond donors (Lipinski definition) is 2. The van der Waals surface area contributed by atoms with Gasteiger partial charge >= 0.3 is 0 Å². The number of benzene rings is 3. The number of nitro benzene ring substituents is 1. The van der Waals surface area contributed by atoms with Crippen molar-refractivity contribution >= 4 is 56.2 Å². The van der Waals surface area contributed by atoms with Crippen LogP contribution in [0.2, 0.25) is 0 Å². The fraction of sp³-hybridized carbons (Fsp3) is 0.0455. The number of nitrogens with one attached hydrogen (secondary N) is 2. The quantitative estimate of drug-likeness (QED) is 0.250. The number of rotatable bonds is 4. The van der Waals surface area contributed by atoms with Crippen LogP contribution in [0.25, 0.3) is 20.8 Å². The van der Waals surface area contributed by atoms with Gasteiger partial charge in [-0.25, -0.2) is 4.98 Å². The molecule has 7 nitrogen and oxygen atoms in total. The van der Waals surface area contributed by atoms with E-state index in [1.54, 1.807) is 11.3 Å². The third-order valence-electron chi connectivity index (χ3n) is 4.63. The third kappa shape index (κ3) is 4.42. The lowest BCUT2D eigenvalue weighted by atomic mass is 10.1. The molecule has 0 atom stereocenters. The lowest BCUT2D eigenvalue weighted by Gasteiger charge is -2.11. The van der Waals surface area contributed by atoms with Crippen LogP contribution in [0.15, 0.2) is 66.7 Å². The number of amides is 1. The maximum Gasteiger partial charge on any atom is 0.273 e. The number of thiazole rings is 1. The molecule has 0 aliphatic heterocycles. The molecule has 1 amide bonds. The first kappa shape index (κ1) is 20.6. The van der Waals surface area contributed by atoms with Crippen molar-refractivity contribution in [3.63, 3.8) is 0 Å². The molecule has 1 aromatic heterocycles. The Labute approximate surface area is 186 Å². The molecule has 0 bridgehead atoms. The summed E-state index contributed by atoms with van der Waals surface area (Å²) >= 11 is 6.86. The van der Waals surface area contributed by atoms with Crippen LogP contribution in [0.1, 0.15) is 15.9 Å². The Morgan fingerprint density at radius 3 is 2.65 bits per heavy atom. The molecule has 0 aliphatic rings. The van der Waals surface area contributed by atoms with E-state index in [9.17, 15) is 14.9 Å². The summed E-state index contributed by atoms with van der Waals surface area (Å²) in [5.74, 6) is -0.513. The molecule has 0 aliphatic carbocycles. The van der Waals surface area contributed by atoms with Gasteiger partial charge in [-0.3, -0.25) is 20.2 Å². The molecule has 0 saturated carbocycles. The Hall–Kier alpha value is -3.69. The highest BCUT2D eigenvalue weighted by molar-refractivity contribution is 7.80. The zero-order valence-electron chi connectivity index (χ0n) is 16.3. The Kier molecular flexibility index (Phi) is 5.70. The molecule has 154 valence electrons. The summed E-state index contributed by atoms with van der Waals surface area (Å²) in [6.45, 7) is 1.53. The number of nitro groups is 1. The predicted molar refractivity (Wildman–Crippen MR) is 127 cm³/mol. The number of carbonyl (C=O) groups excluding carboxylic acids is 1. The Balaban J connectivity index is 1.49. The minimum atomic E-state index is -0.518. The number of anilines is 1. The van der Waals surface area contributed by atoms with E-state index < -0.39 is 10.8 Å². The van der Waals surface area contributed by atoms with Crippen LogP contribution in [-0.4, -0.2) is 20.9 Å². The van der Waals surface area contributed by atoms with Gasteiger partial charge < -0.3 is 5.32 Å². The van der Waals surface area contributed by atoms with Crippen molar-refractivity contribution in [1.29, 1.82) is 0 Å². The minimum Gasteiger partial charge on any atom is -0.332 e. The molecule has 9 heteroatoms. The van der Waals surface area contributed by atoms with Crippen LogP contribution < -0.4 is 10.6 Å². The highest BCUT2D eigenvalue weighted by Crippen LogP contribution is 2.31. The average Bonchev–Trinajstić information content (AvgIpc) is 3.18. The van der Waals surface area contributed by atoms with Crippen LogP contribution >= 0.6 is 23.6 Å². The summed E-state index contributed by atoms with van der Waals surface area (Å²) in [6.07, 6.45) is 0. The van der Waals surface area contributed by atoms with E-state index in [1.807, 2.05) is 48.5 Å². The van der Waals surface area contributed by atoms with Gasteiger partial charge in [-0.1, -0.05) is 30.3 Å². The van der Waals surface area contributed by atoms with Crippen molar-refractivity contribution in [3.05, 3.63) is 88.0 Å². The molecule has 4 aromatic rings. The Bertz CT molecular complexity index is 1300. The van der Waals surface area contributed by atoms with Crippen molar-refractivity contribution in [3.8, 4) is 10.6 Å². The normalized spacial score (nSPS) is 10.6. The molecule has 3 aromatic carbocycles. The second kappa shape index (κ2) is 8.58. The van der Waals surface area contributed by atoms with Crippen molar-refractivity contribution in [1.82, 2.24) is 10.3 Å². The zero-order valence-corrected chi connectivity index (χ0v) is 17.9. The lowest BCUT2D eigenvalue weighted by Crippen LogP contribution is -2.34. The van der Waals surface area contributed by atoms with Gasteiger partial charge in [0.2, 0.25) is 0 Å². The van der Waals surface area contributed by atoms with Crippen LogP contribution in [-0.2, 0) is 0 Å². The lowest BCUT2D eigenvalue weighted by molar-refractivity contribution is -0.385. The molecule has 2 N–H and O–H groups in total. The van der Waals surface area contributed by atoms with E-state index in [-0.39, 0.29) is 21.9 Å². The molecule has 0 fully saturated rings. The minimum absolute atomic E-state index is 0.0948. The Morgan fingerprint density at radius 1 is 1.10 bits per heavy atom. The van der Waals surface area contributed by atoms with Gasteiger partial charge in [0.1, 0.15) is 5.01 Å². The summed E-state index contributed by atoms with van der Waals surface area (Å²) in [6, 6.07) is 19.8. The smallest absolute Gasteiger partial charge is 0.273 e. The van der Waals surface area contributed by atoms with E-state index in [2.05, 4.69) is 15.6 Å². The van der Waals surface area contributed by atoms with Crippen LogP contribution in [0.3, 0.4) is 0 Å². The van der Waals surface area contributed by atoms with E-state index in [1.165, 1.54) is 25.1 Å². The highest BCUT2D eigenvalue weighted by Gasteiger charge is 2.18. The number of para-hydroxylation sites is 1. The number of carbonyl (C=O) groups is 1. The first-order valence-electron chi connectivity index (χ1n) is 9.25. The van der Waals surface area contributed by atoms with Gasteiger partial charge in [-0.15, -0.1) is 11.3 Å². The van der Waals surface area contributed by atoms with Gasteiger partial charge in [-0.2, -0.15) is 0 Å². The summed E-state index contributed by atoms with van der Waals surface area (Å²) in [5.41, 5.74) is 2.92. The second-order valence-electron chi connectivity index (χ2n) is 6.68. The predicted octanol–water partition coefficient (Wildman–Crippen LogP) is 5.31. The topological polar surface area (TPSA) is 97.2 Å². The molecule has 0 saturated heterocycles. The zero-order chi connectivity index (χ0) is 22.0. The maximum absolute atomic E-state index is 12.6. The summed E-state index contributed by atoms with van der Waals surface area (Å²) in [4.78, 5) is 27.8. The van der Waals surface area contributed by atoms with E-state index in [0.29, 0.717) is 5.69 Å². The molecule has 0 radical (unpaired) electrons. The first-order chi connectivity index (χ1) is 14.9. The monoisotopic (exact) mass is 448 g/mol. The third-order valence-corrected chi connectivity index (χ3v) is 5.92. The number of nitrogens with zero attached hydrogens (tertiary/aromatic N) is 2. The largest absolute Gasteiger partial charge is 0.332 e. The van der Waals surface area contributed by atoms with Crippen LogP contribution in [0, 0.1) is 17.0 Å². The molecule has 0 spiro atoms. The van der Waals surface area contributed by atoms with Crippen molar-refractivity contribution in [2.45, 2.75) is 6.92 Å². The molecule has 0 unspecified atom stereocenters. The average molecular weight is 449 g/mol. The fourth-order valence-electron chi connectivity index (χ4n) is 3.13. The van der Waals surface area contributed by atoms with Crippen LogP contribution in [0.4, 0.5) is 11.4 Å². The van der Waals surface area contributed by atoms with Gasteiger partial charge in [0.25, 0.3) is 11.6 Å². The van der Waals surface area contributed by atoms with Gasteiger partial charge in [0, 0.05) is 28.4 Å². The van der Waals surface area contributed by atoms with Gasteiger partial charge in [0.05, 0.1) is 15.1 Å². The van der Waals surface area contributed by atoms with E-state index in [4.69, 9.17) is 12.2 Å². The number of hydrogen-bond acceptors (Lipinski definition) is 6. The SMILES string of the molecule is Cc1c(C(=O)NC(=S)Nc2cccc(-c3nc4ccccc4s3)c2)cccc1[N+](=O)[O-]. The van der Waals surface area contributed by atoms with Crippen molar-refractivity contribution in [2.75, 3.05) is 5.32 Å². The summed E-state index contributed by atoms with van der Waals surface area (Å²) in [5, 5.41) is 17.6. The number of aromatic nitrogens is 1. The maximum atomic E-state index is 12.6. The Morgan fingerprint density at radius 2 is 1.87 bits per heavy atom. The van der Waals surface area contributed by atoms with E-state index in [0.717, 1.165) is 20.8 Å². The number of fused-ring (bicyclic) bond motifs is 1. The molecule has 31 heavy (non-hydrogen) atoms.